The fourth-order valence-corrected chi connectivity index (χ4v) is 6.28. The molecular weight excluding hydrogens is 474 g/mol. The van der Waals surface area contributed by atoms with E-state index in [1.54, 1.807) is 17.5 Å². The fourth-order valence-electron chi connectivity index (χ4n) is 5.17. The Labute approximate surface area is 212 Å². The summed E-state index contributed by atoms with van der Waals surface area (Å²) in [6, 6.07) is 12.4. The molecule has 1 atom stereocenters. The Kier molecular flexibility index (Phi) is 5.21. The highest BCUT2D eigenvalue weighted by Gasteiger charge is 2.55. The minimum atomic E-state index is -0.782. The largest absolute Gasteiger partial charge is 0.493 e. The van der Waals surface area contributed by atoms with Crippen LogP contribution in [0.4, 0.5) is 0 Å². The third-order valence-electron chi connectivity index (χ3n) is 7.34. The zero-order valence-electron chi connectivity index (χ0n) is 19.8. The molecule has 0 radical (unpaired) electrons. The summed E-state index contributed by atoms with van der Waals surface area (Å²) in [6.45, 7) is 3.69. The maximum atomic E-state index is 13.4. The molecule has 1 amide bonds. The average Bonchev–Trinajstić information content (AvgIpc) is 3.31. The van der Waals surface area contributed by atoms with Gasteiger partial charge in [0.2, 0.25) is 0 Å². The van der Waals surface area contributed by atoms with Gasteiger partial charge in [-0.05, 0) is 35.7 Å². The van der Waals surface area contributed by atoms with Crippen LogP contribution in [-0.4, -0.2) is 64.4 Å². The van der Waals surface area contributed by atoms with E-state index in [1.165, 1.54) is 5.56 Å². The van der Waals surface area contributed by atoms with Crippen LogP contribution in [0, 0.1) is 0 Å². The Hall–Kier alpha value is -3.43. The van der Waals surface area contributed by atoms with Crippen molar-refractivity contribution in [2.45, 2.75) is 30.8 Å². The van der Waals surface area contributed by atoms with Crippen LogP contribution in [-0.2, 0) is 11.2 Å². The number of piperazine rings is 1. The number of carbonyl (C=O) groups excluding carboxylic acids is 1. The van der Waals surface area contributed by atoms with Crippen molar-refractivity contribution in [3.8, 4) is 22.6 Å². The van der Waals surface area contributed by atoms with Crippen molar-refractivity contribution < 1.29 is 14.3 Å². The highest BCUT2D eigenvalue weighted by atomic mass is 32.1. The van der Waals surface area contributed by atoms with Gasteiger partial charge in [0.1, 0.15) is 22.0 Å². The number of hydrogen-bond donors (Lipinski definition) is 2. The highest BCUT2D eigenvalue weighted by Crippen LogP contribution is 2.46. The van der Waals surface area contributed by atoms with Crippen LogP contribution in [0.1, 0.15) is 29.3 Å². The predicted octanol–water partition coefficient (Wildman–Crippen LogP) is 3.75. The number of amides is 1. The van der Waals surface area contributed by atoms with E-state index >= 15 is 0 Å². The van der Waals surface area contributed by atoms with Crippen LogP contribution in [0.25, 0.3) is 21.3 Å². The minimum Gasteiger partial charge on any atom is -0.493 e. The molecule has 0 spiro atoms. The number of nitrogens with zero attached hydrogens (tertiary/aromatic N) is 3. The SMILES string of the molecule is O=C(N1CCNCC1)C1(Oc2cc(-c3cn[nH]c3)cc3sc(C4COc5ccccc5C4)nc23)CC1. The smallest absolute Gasteiger partial charge is 0.266 e. The molecule has 9 heteroatoms. The summed E-state index contributed by atoms with van der Waals surface area (Å²) < 4.78 is 13.7. The van der Waals surface area contributed by atoms with Crippen LogP contribution in [0.2, 0.25) is 0 Å². The molecule has 2 aromatic heterocycles. The van der Waals surface area contributed by atoms with E-state index in [0.29, 0.717) is 12.4 Å². The Morgan fingerprint density at radius 3 is 2.83 bits per heavy atom. The first-order chi connectivity index (χ1) is 17.7. The standard InChI is InChI=1S/C27H27N5O3S/c33-26(32-9-7-28-8-10-32)27(5-6-27)35-22-12-18(20-14-29-30-15-20)13-23-24(22)31-25(36-23)19-11-17-3-1-2-4-21(17)34-16-19/h1-4,12-15,19,28H,5-11,16H2,(H,29,30). The molecule has 2 fully saturated rings. The molecule has 4 heterocycles. The van der Waals surface area contributed by atoms with Crippen LogP contribution in [0.5, 0.6) is 11.5 Å². The first-order valence-electron chi connectivity index (χ1n) is 12.5. The van der Waals surface area contributed by atoms with E-state index in [1.807, 2.05) is 29.3 Å². The molecule has 2 aliphatic heterocycles. The number of rotatable bonds is 5. The number of fused-ring (bicyclic) bond motifs is 2. The lowest BCUT2D eigenvalue weighted by molar-refractivity contribution is -0.141. The molecule has 3 aliphatic rings. The maximum Gasteiger partial charge on any atom is 0.266 e. The van der Waals surface area contributed by atoms with Gasteiger partial charge in [0, 0.05) is 56.7 Å². The van der Waals surface area contributed by atoms with Crippen molar-refractivity contribution in [2.24, 2.45) is 0 Å². The van der Waals surface area contributed by atoms with Gasteiger partial charge >= 0.3 is 0 Å². The van der Waals surface area contributed by atoms with Gasteiger partial charge in [0.25, 0.3) is 5.91 Å². The molecule has 8 nitrogen and oxygen atoms in total. The molecule has 1 unspecified atom stereocenters. The number of benzene rings is 2. The van der Waals surface area contributed by atoms with Gasteiger partial charge in [-0.1, -0.05) is 18.2 Å². The molecule has 184 valence electrons. The Bertz CT molecular complexity index is 1420. The van der Waals surface area contributed by atoms with Gasteiger partial charge in [0.05, 0.1) is 17.5 Å². The van der Waals surface area contributed by atoms with Crippen LogP contribution in [0.15, 0.2) is 48.8 Å². The predicted molar refractivity (Wildman–Crippen MR) is 138 cm³/mol. The number of thiazole rings is 1. The summed E-state index contributed by atoms with van der Waals surface area (Å²) >= 11 is 1.68. The van der Waals surface area contributed by atoms with Gasteiger partial charge in [-0.3, -0.25) is 9.89 Å². The lowest BCUT2D eigenvalue weighted by atomic mass is 9.97. The van der Waals surface area contributed by atoms with Crippen molar-refractivity contribution in [2.75, 3.05) is 32.8 Å². The number of nitrogens with one attached hydrogen (secondary N) is 2. The monoisotopic (exact) mass is 501 g/mol. The van der Waals surface area contributed by atoms with Gasteiger partial charge in [-0.2, -0.15) is 5.10 Å². The van der Waals surface area contributed by atoms with Gasteiger partial charge in [-0.25, -0.2) is 4.98 Å². The van der Waals surface area contributed by atoms with E-state index in [4.69, 9.17) is 14.5 Å². The molecule has 4 aromatic rings. The van der Waals surface area contributed by atoms with Crippen molar-refractivity contribution in [3.63, 3.8) is 0 Å². The summed E-state index contributed by atoms with van der Waals surface area (Å²) in [5.74, 6) is 1.91. The van der Waals surface area contributed by atoms with E-state index < -0.39 is 5.60 Å². The van der Waals surface area contributed by atoms with Gasteiger partial charge in [0.15, 0.2) is 5.60 Å². The first kappa shape index (κ1) is 21.8. The van der Waals surface area contributed by atoms with E-state index in [9.17, 15) is 4.79 Å². The molecule has 1 saturated heterocycles. The Balaban J connectivity index is 1.25. The van der Waals surface area contributed by atoms with Crippen molar-refractivity contribution in [3.05, 3.63) is 59.4 Å². The molecular formula is C27H27N5O3S. The van der Waals surface area contributed by atoms with Crippen molar-refractivity contribution in [1.29, 1.82) is 0 Å². The average molecular weight is 502 g/mol. The van der Waals surface area contributed by atoms with Gasteiger partial charge < -0.3 is 19.7 Å². The second-order valence-electron chi connectivity index (χ2n) is 9.82. The summed E-state index contributed by atoms with van der Waals surface area (Å²) in [7, 11) is 0. The molecule has 1 saturated carbocycles. The number of carbonyl (C=O) groups is 1. The second-order valence-corrected chi connectivity index (χ2v) is 10.9. The van der Waals surface area contributed by atoms with E-state index in [0.717, 1.165) is 77.5 Å². The topological polar surface area (TPSA) is 92.4 Å². The number of H-pyrrole nitrogens is 1. The minimum absolute atomic E-state index is 0.0959. The molecule has 2 N–H and O–H groups in total. The Morgan fingerprint density at radius 1 is 1.17 bits per heavy atom. The first-order valence-corrected chi connectivity index (χ1v) is 13.3. The number of para-hydroxylation sites is 1. The van der Waals surface area contributed by atoms with E-state index in [-0.39, 0.29) is 11.8 Å². The maximum absolute atomic E-state index is 13.4. The molecule has 7 rings (SSSR count). The molecule has 1 aliphatic carbocycles. The van der Waals surface area contributed by atoms with Crippen molar-refractivity contribution in [1.82, 2.24) is 25.4 Å². The molecule has 0 bridgehead atoms. The summed E-state index contributed by atoms with van der Waals surface area (Å²) in [4.78, 5) is 20.4. The lowest BCUT2D eigenvalue weighted by Gasteiger charge is -2.31. The number of hydrogen-bond acceptors (Lipinski definition) is 7. The quantitative estimate of drug-likeness (QED) is 0.433. The van der Waals surface area contributed by atoms with Gasteiger partial charge in [-0.15, -0.1) is 11.3 Å². The molecule has 36 heavy (non-hydrogen) atoms. The van der Waals surface area contributed by atoms with Crippen LogP contribution >= 0.6 is 11.3 Å². The second kappa shape index (κ2) is 8.60. The third-order valence-corrected chi connectivity index (χ3v) is 8.50. The third kappa shape index (κ3) is 3.83. The zero-order valence-corrected chi connectivity index (χ0v) is 20.6. The zero-order chi connectivity index (χ0) is 24.1. The normalized spacial score (nSPS) is 20.6. The highest BCUT2D eigenvalue weighted by molar-refractivity contribution is 7.18. The number of ether oxygens (including phenoxy) is 2. The number of aromatic amines is 1. The summed E-state index contributed by atoms with van der Waals surface area (Å²) in [6.07, 6.45) is 6.04. The lowest BCUT2D eigenvalue weighted by Crippen LogP contribution is -2.52. The summed E-state index contributed by atoms with van der Waals surface area (Å²) in [5.41, 5.74) is 3.22. The van der Waals surface area contributed by atoms with Crippen molar-refractivity contribution >= 4 is 27.5 Å². The Morgan fingerprint density at radius 2 is 2.03 bits per heavy atom. The fraction of sp³-hybridized carbons (Fsp3) is 0.370. The van der Waals surface area contributed by atoms with Crippen LogP contribution in [0.3, 0.4) is 0 Å². The van der Waals surface area contributed by atoms with Crippen LogP contribution < -0.4 is 14.8 Å². The summed E-state index contributed by atoms with van der Waals surface area (Å²) in [5, 5.41) is 11.4. The van der Waals surface area contributed by atoms with E-state index in [2.05, 4.69) is 33.7 Å². The molecule has 2 aromatic carbocycles. The number of aromatic nitrogens is 3.